The second kappa shape index (κ2) is 3.68. The first-order valence-electron chi connectivity index (χ1n) is 4.79. The van der Waals surface area contributed by atoms with Crippen molar-refractivity contribution in [2.24, 2.45) is 0 Å². The summed E-state index contributed by atoms with van der Waals surface area (Å²) in [5.41, 5.74) is 1.17. The van der Waals surface area contributed by atoms with E-state index in [1.165, 1.54) is 5.57 Å². The van der Waals surface area contributed by atoms with E-state index in [1.54, 1.807) is 6.26 Å². The van der Waals surface area contributed by atoms with Gasteiger partial charge in [-0.2, -0.15) is 0 Å². The minimum atomic E-state index is 0.0994. The number of fused-ring (bicyclic) bond motifs is 1. The average Bonchev–Trinajstić information content (AvgIpc) is 2.60. The minimum absolute atomic E-state index is 0.0994. The van der Waals surface area contributed by atoms with E-state index in [0.29, 0.717) is 6.61 Å². The summed E-state index contributed by atoms with van der Waals surface area (Å²) in [5, 5.41) is 0. The molecule has 0 aromatic heterocycles. The maximum atomic E-state index is 5.57. The zero-order valence-electron chi connectivity index (χ0n) is 8.16. The van der Waals surface area contributed by atoms with Crippen molar-refractivity contribution in [1.82, 2.24) is 0 Å². The Hall–Kier alpha value is -0.540. The second-order valence-electron chi connectivity index (χ2n) is 3.87. The summed E-state index contributed by atoms with van der Waals surface area (Å²) in [4.78, 5) is 0. The fraction of sp³-hybridized carbons (Fsp3) is 0.800. The van der Waals surface area contributed by atoms with Gasteiger partial charge in [-0.25, -0.2) is 0 Å². The monoisotopic (exact) mass is 184 g/mol. The SMILES string of the molecule is CC(C)=CO[C@H]1CO[C@@H]2CCO[C@H]12. The molecule has 0 spiro atoms. The van der Waals surface area contributed by atoms with E-state index in [9.17, 15) is 0 Å². The lowest BCUT2D eigenvalue weighted by atomic mass is 10.1. The fourth-order valence-electron chi connectivity index (χ4n) is 1.77. The number of hydrogen-bond acceptors (Lipinski definition) is 3. The Morgan fingerprint density at radius 3 is 3.00 bits per heavy atom. The van der Waals surface area contributed by atoms with Crippen molar-refractivity contribution in [3.63, 3.8) is 0 Å². The molecule has 2 fully saturated rings. The summed E-state index contributed by atoms with van der Waals surface area (Å²) in [6.45, 7) is 5.51. The number of rotatable bonds is 2. The highest BCUT2D eigenvalue weighted by Gasteiger charge is 2.42. The predicted molar refractivity (Wildman–Crippen MR) is 48.4 cm³/mol. The fourth-order valence-corrected chi connectivity index (χ4v) is 1.77. The van der Waals surface area contributed by atoms with Crippen molar-refractivity contribution < 1.29 is 14.2 Å². The second-order valence-corrected chi connectivity index (χ2v) is 3.87. The van der Waals surface area contributed by atoms with Crippen molar-refractivity contribution in [2.75, 3.05) is 13.2 Å². The number of hydrogen-bond donors (Lipinski definition) is 0. The highest BCUT2D eigenvalue weighted by molar-refractivity contribution is 4.93. The number of allylic oxidation sites excluding steroid dienone is 1. The molecule has 0 unspecified atom stereocenters. The van der Waals surface area contributed by atoms with Crippen LogP contribution < -0.4 is 0 Å². The van der Waals surface area contributed by atoms with Crippen LogP contribution in [0.15, 0.2) is 11.8 Å². The summed E-state index contributed by atoms with van der Waals surface area (Å²) in [5.74, 6) is 0. The van der Waals surface area contributed by atoms with Gasteiger partial charge < -0.3 is 14.2 Å². The van der Waals surface area contributed by atoms with Gasteiger partial charge in [0.2, 0.25) is 0 Å². The van der Waals surface area contributed by atoms with Crippen molar-refractivity contribution in [3.05, 3.63) is 11.8 Å². The van der Waals surface area contributed by atoms with Crippen LogP contribution in [0.2, 0.25) is 0 Å². The van der Waals surface area contributed by atoms with Gasteiger partial charge in [0.15, 0.2) is 0 Å². The lowest BCUT2D eigenvalue weighted by Gasteiger charge is -2.15. The maximum absolute atomic E-state index is 5.57. The van der Waals surface area contributed by atoms with E-state index < -0.39 is 0 Å². The molecule has 0 aromatic carbocycles. The standard InChI is InChI=1S/C10H16O3/c1-7(2)5-12-9-6-13-8-3-4-11-10(8)9/h5,8-10H,3-4,6H2,1-2H3/t8-,9+,10+/m1/s1. The Balaban J connectivity index is 1.90. The lowest BCUT2D eigenvalue weighted by Crippen LogP contribution is -2.28. The summed E-state index contributed by atoms with van der Waals surface area (Å²) in [7, 11) is 0. The van der Waals surface area contributed by atoms with Crippen LogP contribution in [0.5, 0.6) is 0 Å². The first-order valence-corrected chi connectivity index (χ1v) is 4.79. The van der Waals surface area contributed by atoms with Crippen LogP contribution >= 0.6 is 0 Å². The van der Waals surface area contributed by atoms with Crippen LogP contribution in [0.25, 0.3) is 0 Å². The molecule has 13 heavy (non-hydrogen) atoms. The van der Waals surface area contributed by atoms with Crippen LogP contribution in [0.4, 0.5) is 0 Å². The van der Waals surface area contributed by atoms with E-state index in [4.69, 9.17) is 14.2 Å². The third-order valence-corrected chi connectivity index (χ3v) is 2.40. The Morgan fingerprint density at radius 1 is 1.38 bits per heavy atom. The van der Waals surface area contributed by atoms with Gasteiger partial charge in [0.05, 0.1) is 19.0 Å². The van der Waals surface area contributed by atoms with Gasteiger partial charge in [-0.1, -0.05) is 0 Å². The van der Waals surface area contributed by atoms with Gasteiger partial charge in [0, 0.05) is 6.61 Å². The third-order valence-electron chi connectivity index (χ3n) is 2.40. The Labute approximate surface area is 78.7 Å². The highest BCUT2D eigenvalue weighted by atomic mass is 16.6. The molecule has 2 rings (SSSR count). The molecule has 0 radical (unpaired) electrons. The first-order chi connectivity index (χ1) is 6.27. The third kappa shape index (κ3) is 1.86. The normalized spacial score (nSPS) is 37.2. The van der Waals surface area contributed by atoms with Crippen molar-refractivity contribution in [1.29, 1.82) is 0 Å². The average molecular weight is 184 g/mol. The minimum Gasteiger partial charge on any atom is -0.493 e. The smallest absolute Gasteiger partial charge is 0.150 e. The topological polar surface area (TPSA) is 27.7 Å². The van der Waals surface area contributed by atoms with Crippen LogP contribution in [0, 0.1) is 0 Å². The molecule has 0 aliphatic carbocycles. The summed E-state index contributed by atoms with van der Waals surface area (Å²) in [6.07, 6.45) is 3.34. The Morgan fingerprint density at radius 2 is 2.23 bits per heavy atom. The molecular formula is C10H16O3. The van der Waals surface area contributed by atoms with E-state index in [2.05, 4.69) is 0 Å². The Bertz CT molecular complexity index is 208. The van der Waals surface area contributed by atoms with Crippen molar-refractivity contribution in [2.45, 2.75) is 38.6 Å². The van der Waals surface area contributed by atoms with Gasteiger partial charge in [0.25, 0.3) is 0 Å². The molecule has 3 heteroatoms. The molecule has 0 amide bonds. The van der Waals surface area contributed by atoms with Gasteiger partial charge >= 0.3 is 0 Å². The molecule has 0 N–H and O–H groups in total. The van der Waals surface area contributed by atoms with Crippen LogP contribution in [0.3, 0.4) is 0 Å². The quantitative estimate of drug-likeness (QED) is 0.608. The summed E-state index contributed by atoms with van der Waals surface area (Å²) in [6, 6.07) is 0. The van der Waals surface area contributed by atoms with E-state index >= 15 is 0 Å². The first kappa shape index (κ1) is 9.03. The van der Waals surface area contributed by atoms with Crippen molar-refractivity contribution >= 4 is 0 Å². The molecule has 3 atom stereocenters. The zero-order valence-corrected chi connectivity index (χ0v) is 8.16. The molecule has 0 bridgehead atoms. The molecule has 2 aliphatic rings. The van der Waals surface area contributed by atoms with E-state index in [1.807, 2.05) is 13.8 Å². The highest BCUT2D eigenvalue weighted by Crippen LogP contribution is 2.28. The van der Waals surface area contributed by atoms with Crippen LogP contribution in [-0.2, 0) is 14.2 Å². The Kier molecular flexibility index (Phi) is 2.56. The molecule has 0 saturated carbocycles. The largest absolute Gasteiger partial charge is 0.493 e. The molecule has 3 nitrogen and oxygen atoms in total. The van der Waals surface area contributed by atoms with Gasteiger partial charge in [-0.3, -0.25) is 0 Å². The molecule has 2 saturated heterocycles. The van der Waals surface area contributed by atoms with Crippen molar-refractivity contribution in [3.8, 4) is 0 Å². The van der Waals surface area contributed by atoms with Crippen LogP contribution in [0.1, 0.15) is 20.3 Å². The zero-order chi connectivity index (χ0) is 9.26. The van der Waals surface area contributed by atoms with Gasteiger partial charge in [-0.15, -0.1) is 0 Å². The van der Waals surface area contributed by atoms with Crippen LogP contribution in [-0.4, -0.2) is 31.5 Å². The molecule has 0 aromatic rings. The van der Waals surface area contributed by atoms with E-state index in [-0.39, 0.29) is 18.3 Å². The number of ether oxygens (including phenoxy) is 3. The maximum Gasteiger partial charge on any atom is 0.150 e. The molecular weight excluding hydrogens is 168 g/mol. The summed E-state index contributed by atoms with van der Waals surface area (Å²) < 4.78 is 16.7. The predicted octanol–water partition coefficient (Wildman–Crippen LogP) is 1.48. The lowest BCUT2D eigenvalue weighted by molar-refractivity contribution is 0.00948. The van der Waals surface area contributed by atoms with E-state index in [0.717, 1.165) is 13.0 Å². The van der Waals surface area contributed by atoms with Gasteiger partial charge in [0.1, 0.15) is 12.2 Å². The van der Waals surface area contributed by atoms with Gasteiger partial charge in [-0.05, 0) is 25.8 Å². The molecule has 2 aliphatic heterocycles. The molecule has 74 valence electrons. The molecule has 2 heterocycles. The summed E-state index contributed by atoms with van der Waals surface area (Å²) >= 11 is 0.